The molecule has 3 N–H and O–H groups in total. The second kappa shape index (κ2) is 5.55. The van der Waals surface area contributed by atoms with Crippen LogP contribution in [0.5, 0.6) is 0 Å². The zero-order chi connectivity index (χ0) is 14.9. The highest BCUT2D eigenvalue weighted by molar-refractivity contribution is 9.10. The van der Waals surface area contributed by atoms with Crippen molar-refractivity contribution in [2.75, 3.05) is 4.72 Å². The number of furan rings is 1. The van der Waals surface area contributed by atoms with Gasteiger partial charge in [0.1, 0.15) is 16.5 Å². The Balaban J connectivity index is 2.38. The first-order valence-corrected chi connectivity index (χ1v) is 7.88. The third-order valence-corrected chi connectivity index (χ3v) is 4.85. The molecule has 1 aromatic heterocycles. The molecule has 2 aromatic rings. The second-order valence-corrected chi connectivity index (χ2v) is 6.49. The number of anilines is 1. The van der Waals surface area contributed by atoms with Crippen molar-refractivity contribution >= 4 is 31.6 Å². The molecule has 0 amide bonds. The van der Waals surface area contributed by atoms with Crippen molar-refractivity contribution in [3.63, 3.8) is 0 Å². The SMILES string of the molecule is Cc1cc(F)ccc1NS(=O)(=O)c1cc(CN)oc1Br. The lowest BCUT2D eigenvalue weighted by atomic mass is 10.2. The zero-order valence-corrected chi connectivity index (χ0v) is 12.9. The molecule has 8 heteroatoms. The van der Waals surface area contributed by atoms with Crippen LogP contribution in [0.3, 0.4) is 0 Å². The van der Waals surface area contributed by atoms with Gasteiger partial charge in [-0.15, -0.1) is 0 Å². The van der Waals surface area contributed by atoms with Gasteiger partial charge in [0.05, 0.1) is 12.2 Å². The van der Waals surface area contributed by atoms with E-state index in [4.69, 9.17) is 10.2 Å². The number of halogens is 2. The average molecular weight is 363 g/mol. The van der Waals surface area contributed by atoms with Gasteiger partial charge in [0.25, 0.3) is 10.0 Å². The highest BCUT2D eigenvalue weighted by Crippen LogP contribution is 2.28. The van der Waals surface area contributed by atoms with Crippen LogP contribution >= 0.6 is 15.9 Å². The third kappa shape index (κ3) is 3.02. The standard InChI is InChI=1S/C12H12BrFN2O3S/c1-7-4-8(14)2-3-10(7)16-20(17,18)11-5-9(6-15)19-12(11)13/h2-5,16H,6,15H2,1H3. The molecule has 0 radical (unpaired) electrons. The van der Waals surface area contributed by atoms with Gasteiger partial charge in [-0.2, -0.15) is 0 Å². The molecule has 0 aliphatic rings. The van der Waals surface area contributed by atoms with Crippen molar-refractivity contribution in [1.82, 2.24) is 0 Å². The van der Waals surface area contributed by atoms with Crippen molar-refractivity contribution in [2.24, 2.45) is 5.73 Å². The fourth-order valence-electron chi connectivity index (χ4n) is 1.62. The molecule has 0 aliphatic carbocycles. The van der Waals surface area contributed by atoms with Gasteiger partial charge in [-0.05, 0) is 46.6 Å². The van der Waals surface area contributed by atoms with E-state index in [1.165, 1.54) is 24.3 Å². The molecule has 1 aromatic carbocycles. The van der Waals surface area contributed by atoms with Gasteiger partial charge in [-0.25, -0.2) is 12.8 Å². The third-order valence-electron chi connectivity index (χ3n) is 2.63. The molecule has 0 fully saturated rings. The van der Waals surface area contributed by atoms with Crippen LogP contribution in [0.25, 0.3) is 0 Å². The van der Waals surface area contributed by atoms with E-state index in [1.807, 2.05) is 0 Å². The molecule has 1 heterocycles. The molecule has 0 saturated heterocycles. The summed E-state index contributed by atoms with van der Waals surface area (Å²) in [6.07, 6.45) is 0. The molecule has 0 unspecified atom stereocenters. The minimum absolute atomic E-state index is 0.0540. The molecule has 2 rings (SSSR count). The summed E-state index contributed by atoms with van der Waals surface area (Å²) in [6.45, 7) is 1.69. The first-order chi connectivity index (χ1) is 9.33. The van der Waals surface area contributed by atoms with Crippen molar-refractivity contribution in [3.05, 3.63) is 46.1 Å². The minimum atomic E-state index is -3.84. The van der Waals surface area contributed by atoms with Crippen LogP contribution in [0.2, 0.25) is 0 Å². The van der Waals surface area contributed by atoms with E-state index in [-0.39, 0.29) is 16.1 Å². The van der Waals surface area contributed by atoms with E-state index in [1.54, 1.807) is 6.92 Å². The Morgan fingerprint density at radius 1 is 1.40 bits per heavy atom. The van der Waals surface area contributed by atoms with Crippen molar-refractivity contribution in [1.29, 1.82) is 0 Å². The topological polar surface area (TPSA) is 85.3 Å². The number of nitrogens with one attached hydrogen (secondary N) is 1. The van der Waals surface area contributed by atoms with Crippen LogP contribution in [0.4, 0.5) is 10.1 Å². The monoisotopic (exact) mass is 362 g/mol. The molecule has 5 nitrogen and oxygen atoms in total. The Labute approximate surface area is 124 Å². The maximum absolute atomic E-state index is 13.0. The van der Waals surface area contributed by atoms with Gasteiger partial charge in [-0.1, -0.05) is 0 Å². The van der Waals surface area contributed by atoms with Crippen molar-refractivity contribution in [3.8, 4) is 0 Å². The molecule has 0 aliphatic heterocycles. The number of hydrogen-bond acceptors (Lipinski definition) is 4. The summed E-state index contributed by atoms with van der Waals surface area (Å²) in [5, 5.41) is 0. The summed E-state index contributed by atoms with van der Waals surface area (Å²) in [7, 11) is -3.84. The number of benzene rings is 1. The zero-order valence-electron chi connectivity index (χ0n) is 10.5. The molecule has 0 bridgehead atoms. The lowest BCUT2D eigenvalue weighted by molar-refractivity contribution is 0.484. The van der Waals surface area contributed by atoms with E-state index >= 15 is 0 Å². The van der Waals surface area contributed by atoms with Crippen LogP contribution in [-0.2, 0) is 16.6 Å². The maximum Gasteiger partial charge on any atom is 0.266 e. The number of hydrogen-bond donors (Lipinski definition) is 2. The predicted molar refractivity (Wildman–Crippen MR) is 76.2 cm³/mol. The smallest absolute Gasteiger partial charge is 0.266 e. The first-order valence-electron chi connectivity index (χ1n) is 5.60. The van der Waals surface area contributed by atoms with Gasteiger partial charge in [0, 0.05) is 6.07 Å². The van der Waals surface area contributed by atoms with E-state index in [0.717, 1.165) is 0 Å². The lowest BCUT2D eigenvalue weighted by Crippen LogP contribution is -2.13. The number of rotatable bonds is 4. The van der Waals surface area contributed by atoms with Crippen LogP contribution in [-0.4, -0.2) is 8.42 Å². The molecule has 20 heavy (non-hydrogen) atoms. The number of aryl methyl sites for hydroxylation is 1. The largest absolute Gasteiger partial charge is 0.452 e. The molecule has 0 saturated carbocycles. The fourth-order valence-corrected chi connectivity index (χ4v) is 3.75. The lowest BCUT2D eigenvalue weighted by Gasteiger charge is -2.09. The van der Waals surface area contributed by atoms with Gasteiger partial charge in [0.15, 0.2) is 4.67 Å². The van der Waals surface area contributed by atoms with Gasteiger partial charge >= 0.3 is 0 Å². The predicted octanol–water partition coefficient (Wildman–Crippen LogP) is 2.75. The number of nitrogens with two attached hydrogens (primary N) is 1. The van der Waals surface area contributed by atoms with E-state index in [9.17, 15) is 12.8 Å². The Morgan fingerprint density at radius 3 is 2.65 bits per heavy atom. The van der Waals surface area contributed by atoms with Crippen LogP contribution in [0.15, 0.2) is 38.2 Å². The fraction of sp³-hybridized carbons (Fsp3) is 0.167. The first kappa shape index (κ1) is 15.0. The number of sulfonamides is 1. The minimum Gasteiger partial charge on any atom is -0.452 e. The Bertz CT molecular complexity index is 743. The van der Waals surface area contributed by atoms with E-state index in [2.05, 4.69) is 20.7 Å². The van der Waals surface area contributed by atoms with Crippen LogP contribution < -0.4 is 10.5 Å². The van der Waals surface area contributed by atoms with Gasteiger partial charge in [-0.3, -0.25) is 4.72 Å². The Hall–Kier alpha value is -1.38. The van der Waals surface area contributed by atoms with Crippen molar-refractivity contribution in [2.45, 2.75) is 18.4 Å². The van der Waals surface area contributed by atoms with Gasteiger partial charge < -0.3 is 10.2 Å². The molecular weight excluding hydrogens is 351 g/mol. The summed E-state index contributed by atoms with van der Waals surface area (Å²) in [6, 6.07) is 5.12. The maximum atomic E-state index is 13.0. The highest BCUT2D eigenvalue weighted by atomic mass is 79.9. The summed E-state index contributed by atoms with van der Waals surface area (Å²) in [5.41, 5.74) is 6.18. The van der Waals surface area contributed by atoms with Crippen LogP contribution in [0, 0.1) is 12.7 Å². The Morgan fingerprint density at radius 2 is 2.10 bits per heavy atom. The molecule has 0 spiro atoms. The summed E-state index contributed by atoms with van der Waals surface area (Å²) in [5.74, 6) is -0.0894. The second-order valence-electron chi connectivity index (χ2n) is 4.12. The quantitative estimate of drug-likeness (QED) is 0.875. The van der Waals surface area contributed by atoms with E-state index < -0.39 is 15.8 Å². The van der Waals surface area contributed by atoms with E-state index in [0.29, 0.717) is 17.0 Å². The summed E-state index contributed by atoms with van der Waals surface area (Å²) >= 11 is 3.04. The summed E-state index contributed by atoms with van der Waals surface area (Å²) in [4.78, 5) is -0.0540. The summed E-state index contributed by atoms with van der Waals surface area (Å²) < 4.78 is 45.1. The van der Waals surface area contributed by atoms with Crippen LogP contribution in [0.1, 0.15) is 11.3 Å². The molecule has 0 atom stereocenters. The average Bonchev–Trinajstić information content (AvgIpc) is 2.75. The highest BCUT2D eigenvalue weighted by Gasteiger charge is 2.23. The van der Waals surface area contributed by atoms with Gasteiger partial charge in [0.2, 0.25) is 0 Å². The molecular formula is C12H12BrFN2O3S. The normalized spacial score (nSPS) is 11.6. The Kier molecular flexibility index (Phi) is 4.17. The molecule has 108 valence electrons. The van der Waals surface area contributed by atoms with Crippen molar-refractivity contribution < 1.29 is 17.2 Å².